The average Bonchev–Trinajstić information content (AvgIpc) is 2.28. The highest BCUT2D eigenvalue weighted by atomic mass is 15.2. The van der Waals surface area contributed by atoms with Gasteiger partial charge in [0.15, 0.2) is 0 Å². The van der Waals surface area contributed by atoms with Gasteiger partial charge >= 0.3 is 0 Å². The molecule has 1 unspecified atom stereocenters. The van der Waals surface area contributed by atoms with Crippen LogP contribution in [0.4, 0.5) is 0 Å². The third kappa shape index (κ3) is 5.10. The van der Waals surface area contributed by atoms with Crippen LogP contribution < -0.4 is 11.3 Å². The molecule has 0 aliphatic rings. The van der Waals surface area contributed by atoms with E-state index in [-0.39, 0.29) is 0 Å². The van der Waals surface area contributed by atoms with Crippen molar-refractivity contribution in [1.82, 2.24) is 5.43 Å². The molecular weight excluding hydrogens is 196 g/mol. The van der Waals surface area contributed by atoms with Gasteiger partial charge < -0.3 is 0 Å². The maximum Gasteiger partial charge on any atom is 0.0247 e. The molecule has 0 bridgehead atoms. The molecular formula is C14H22N2. The molecule has 16 heavy (non-hydrogen) atoms. The smallest absolute Gasteiger partial charge is 0.0247 e. The molecule has 0 saturated carbocycles. The van der Waals surface area contributed by atoms with Crippen LogP contribution in [-0.4, -0.2) is 6.04 Å². The Bertz CT molecular complexity index is 306. The molecule has 3 N–H and O–H groups in total. The van der Waals surface area contributed by atoms with Gasteiger partial charge in [0, 0.05) is 6.04 Å². The lowest BCUT2D eigenvalue weighted by molar-refractivity contribution is 0.475. The summed E-state index contributed by atoms with van der Waals surface area (Å²) in [4.78, 5) is 0. The summed E-state index contributed by atoms with van der Waals surface area (Å²) in [7, 11) is 0. The van der Waals surface area contributed by atoms with Crippen molar-refractivity contribution in [2.45, 2.75) is 38.6 Å². The fraction of sp³-hybridized carbons (Fsp3) is 0.429. The van der Waals surface area contributed by atoms with E-state index in [9.17, 15) is 0 Å². The van der Waals surface area contributed by atoms with Crippen LogP contribution in [0.1, 0.15) is 31.7 Å². The topological polar surface area (TPSA) is 38.0 Å². The highest BCUT2D eigenvalue weighted by molar-refractivity contribution is 5.14. The van der Waals surface area contributed by atoms with Gasteiger partial charge in [0.1, 0.15) is 0 Å². The van der Waals surface area contributed by atoms with Gasteiger partial charge in [-0.25, -0.2) is 0 Å². The van der Waals surface area contributed by atoms with Gasteiger partial charge in [-0.2, -0.15) is 0 Å². The standard InChI is InChI=1S/C14H22N2/c1-12(2)11-14(16-15)10-6-9-13-7-4-3-5-8-13/h3-5,7-8,14,16H,1,6,9-11,15H2,2H3. The van der Waals surface area contributed by atoms with Crippen LogP contribution in [-0.2, 0) is 6.42 Å². The minimum absolute atomic E-state index is 0.362. The lowest BCUT2D eigenvalue weighted by Gasteiger charge is -2.15. The molecule has 2 nitrogen and oxygen atoms in total. The van der Waals surface area contributed by atoms with Gasteiger partial charge in [-0.1, -0.05) is 35.9 Å². The van der Waals surface area contributed by atoms with Crippen LogP contribution in [0.15, 0.2) is 42.5 Å². The van der Waals surface area contributed by atoms with Crippen molar-refractivity contribution in [2.24, 2.45) is 5.84 Å². The molecule has 0 spiro atoms. The highest BCUT2D eigenvalue weighted by Gasteiger charge is 2.06. The van der Waals surface area contributed by atoms with E-state index in [2.05, 4.69) is 42.3 Å². The Balaban J connectivity index is 2.26. The number of hydrazine groups is 1. The molecule has 0 aromatic heterocycles. The monoisotopic (exact) mass is 218 g/mol. The fourth-order valence-corrected chi connectivity index (χ4v) is 1.86. The summed E-state index contributed by atoms with van der Waals surface area (Å²) in [5.41, 5.74) is 5.44. The zero-order valence-electron chi connectivity index (χ0n) is 10.1. The van der Waals surface area contributed by atoms with Crippen LogP contribution in [0.5, 0.6) is 0 Å². The number of nitrogens with one attached hydrogen (secondary N) is 1. The third-order valence-corrected chi connectivity index (χ3v) is 2.69. The van der Waals surface area contributed by atoms with Gasteiger partial charge in [0.05, 0.1) is 0 Å². The molecule has 2 heteroatoms. The lowest BCUT2D eigenvalue weighted by Crippen LogP contribution is -2.35. The Morgan fingerprint density at radius 1 is 1.38 bits per heavy atom. The molecule has 0 fully saturated rings. The SMILES string of the molecule is C=C(C)CC(CCCc1ccccc1)NN. The number of rotatable bonds is 7. The second kappa shape index (κ2) is 7.20. The largest absolute Gasteiger partial charge is 0.271 e. The van der Waals surface area contributed by atoms with E-state index >= 15 is 0 Å². The van der Waals surface area contributed by atoms with Crippen molar-refractivity contribution in [3.63, 3.8) is 0 Å². The predicted molar refractivity (Wildman–Crippen MR) is 69.9 cm³/mol. The van der Waals surface area contributed by atoms with Crippen molar-refractivity contribution in [3.8, 4) is 0 Å². The molecule has 1 aromatic carbocycles. The van der Waals surface area contributed by atoms with E-state index in [1.54, 1.807) is 0 Å². The molecule has 0 aliphatic carbocycles. The lowest BCUT2D eigenvalue weighted by atomic mass is 10.0. The first-order valence-corrected chi connectivity index (χ1v) is 5.87. The minimum Gasteiger partial charge on any atom is -0.271 e. The summed E-state index contributed by atoms with van der Waals surface area (Å²) >= 11 is 0. The van der Waals surface area contributed by atoms with E-state index in [0.717, 1.165) is 25.7 Å². The summed E-state index contributed by atoms with van der Waals surface area (Å²) in [6, 6.07) is 10.9. The highest BCUT2D eigenvalue weighted by Crippen LogP contribution is 2.10. The third-order valence-electron chi connectivity index (χ3n) is 2.69. The van der Waals surface area contributed by atoms with Gasteiger partial charge in [0.2, 0.25) is 0 Å². The van der Waals surface area contributed by atoms with Gasteiger partial charge in [-0.3, -0.25) is 11.3 Å². The van der Waals surface area contributed by atoms with Crippen molar-refractivity contribution in [2.75, 3.05) is 0 Å². The molecule has 0 saturated heterocycles. The van der Waals surface area contributed by atoms with Crippen LogP contribution in [0.3, 0.4) is 0 Å². The number of hydrogen-bond donors (Lipinski definition) is 2. The van der Waals surface area contributed by atoms with E-state index in [1.165, 1.54) is 11.1 Å². The van der Waals surface area contributed by atoms with Gasteiger partial charge in [0.25, 0.3) is 0 Å². The Hall–Kier alpha value is -1.12. The molecule has 0 heterocycles. The first-order chi connectivity index (χ1) is 7.72. The van der Waals surface area contributed by atoms with Crippen molar-refractivity contribution >= 4 is 0 Å². The summed E-state index contributed by atoms with van der Waals surface area (Å²) in [5, 5.41) is 0. The molecule has 1 atom stereocenters. The van der Waals surface area contributed by atoms with E-state index < -0.39 is 0 Å². The molecule has 1 rings (SSSR count). The van der Waals surface area contributed by atoms with Crippen molar-refractivity contribution in [1.29, 1.82) is 0 Å². The average molecular weight is 218 g/mol. The fourth-order valence-electron chi connectivity index (χ4n) is 1.86. The van der Waals surface area contributed by atoms with E-state index in [0.29, 0.717) is 6.04 Å². The Labute approximate surface area is 98.5 Å². The van der Waals surface area contributed by atoms with Crippen LogP contribution in [0.2, 0.25) is 0 Å². The van der Waals surface area contributed by atoms with E-state index in [1.807, 2.05) is 6.92 Å². The number of benzene rings is 1. The molecule has 88 valence electrons. The second-order valence-electron chi connectivity index (χ2n) is 4.40. The maximum absolute atomic E-state index is 5.51. The van der Waals surface area contributed by atoms with Crippen LogP contribution in [0, 0.1) is 0 Å². The van der Waals surface area contributed by atoms with Crippen molar-refractivity contribution in [3.05, 3.63) is 48.0 Å². The maximum atomic E-state index is 5.51. The summed E-state index contributed by atoms with van der Waals surface area (Å²) in [6.45, 7) is 5.96. The minimum atomic E-state index is 0.362. The zero-order chi connectivity index (χ0) is 11.8. The van der Waals surface area contributed by atoms with Crippen LogP contribution in [0.25, 0.3) is 0 Å². The Kier molecular flexibility index (Phi) is 5.83. The number of aryl methyl sites for hydroxylation is 1. The van der Waals surface area contributed by atoms with Crippen LogP contribution >= 0.6 is 0 Å². The van der Waals surface area contributed by atoms with E-state index in [4.69, 9.17) is 5.84 Å². The predicted octanol–water partition coefficient (Wildman–Crippen LogP) is 2.81. The molecule has 0 amide bonds. The molecule has 0 radical (unpaired) electrons. The van der Waals surface area contributed by atoms with Gasteiger partial charge in [-0.05, 0) is 38.2 Å². The molecule has 0 aliphatic heterocycles. The quantitative estimate of drug-likeness (QED) is 0.419. The summed E-state index contributed by atoms with van der Waals surface area (Å²) < 4.78 is 0. The normalized spacial score (nSPS) is 12.4. The number of nitrogens with two attached hydrogens (primary N) is 1. The zero-order valence-corrected chi connectivity index (χ0v) is 10.1. The first-order valence-electron chi connectivity index (χ1n) is 5.87. The Morgan fingerprint density at radius 3 is 2.62 bits per heavy atom. The number of hydrogen-bond acceptors (Lipinski definition) is 2. The summed E-state index contributed by atoms with van der Waals surface area (Å²) in [5.74, 6) is 5.51. The molecule has 1 aromatic rings. The summed E-state index contributed by atoms with van der Waals surface area (Å²) in [6.07, 6.45) is 4.34. The van der Waals surface area contributed by atoms with Crippen molar-refractivity contribution < 1.29 is 0 Å². The van der Waals surface area contributed by atoms with Gasteiger partial charge in [-0.15, -0.1) is 6.58 Å². The Morgan fingerprint density at radius 2 is 2.06 bits per heavy atom. The second-order valence-corrected chi connectivity index (χ2v) is 4.40. The first kappa shape index (κ1) is 12.9.